The molecule has 0 atom stereocenters. The predicted octanol–water partition coefficient (Wildman–Crippen LogP) is 5.60. The van der Waals surface area contributed by atoms with Gasteiger partial charge in [-0.05, 0) is 93.7 Å². The quantitative estimate of drug-likeness (QED) is 0.304. The number of hydrogen-bond acceptors (Lipinski definition) is 3. The Hall–Kier alpha value is -1.98. The van der Waals surface area contributed by atoms with Crippen LogP contribution in [-0.2, 0) is 0 Å². The average molecular weight is 629 g/mol. The van der Waals surface area contributed by atoms with Crippen molar-refractivity contribution in [3.05, 3.63) is 89.5 Å². The maximum Gasteiger partial charge on any atom is 0.266 e. The molecule has 3 aromatic carbocycles. The van der Waals surface area contributed by atoms with E-state index in [9.17, 15) is 14.4 Å². The van der Waals surface area contributed by atoms with Gasteiger partial charge in [0.1, 0.15) is 0 Å². The van der Waals surface area contributed by atoms with Crippen LogP contribution in [0.4, 0.5) is 11.4 Å². The zero-order valence-electron chi connectivity index (χ0n) is 14.6. The molecule has 0 spiro atoms. The van der Waals surface area contributed by atoms with E-state index in [-0.39, 0.29) is 10.9 Å². The lowest BCUT2D eigenvalue weighted by Crippen LogP contribution is -2.29. The van der Waals surface area contributed by atoms with E-state index in [0.717, 1.165) is 12.0 Å². The molecule has 1 aliphatic rings. The van der Waals surface area contributed by atoms with E-state index in [0.29, 0.717) is 28.1 Å². The Balaban J connectivity index is 1.61. The fourth-order valence-electron chi connectivity index (χ4n) is 3.03. The molecule has 1 N–H and O–H groups in total. The minimum Gasteiger partial charge on any atom is -0.321 e. The second-order valence-electron chi connectivity index (χ2n) is 6.23. The molecule has 1 aliphatic heterocycles. The number of halogens is 3. The fraction of sp³-hybridized carbons (Fsp3) is 0. The van der Waals surface area contributed by atoms with Gasteiger partial charge in [0.05, 0.1) is 33.1 Å². The van der Waals surface area contributed by atoms with Crippen LogP contribution >= 0.6 is 56.8 Å². The van der Waals surface area contributed by atoms with Gasteiger partial charge >= 0.3 is 0 Å². The number of anilines is 2. The monoisotopic (exact) mass is 628 g/mol. The van der Waals surface area contributed by atoms with Crippen LogP contribution in [0.3, 0.4) is 0 Å². The van der Waals surface area contributed by atoms with Gasteiger partial charge in [-0.2, -0.15) is 0 Å². The summed E-state index contributed by atoms with van der Waals surface area (Å²) >= 11 is 10.6. The highest BCUT2D eigenvalue weighted by molar-refractivity contribution is 14.1. The van der Waals surface area contributed by atoms with Crippen molar-refractivity contribution in [1.82, 2.24) is 0 Å². The largest absolute Gasteiger partial charge is 0.321 e. The van der Waals surface area contributed by atoms with Crippen LogP contribution in [0.1, 0.15) is 31.1 Å². The first-order chi connectivity index (χ1) is 13.9. The van der Waals surface area contributed by atoms with Gasteiger partial charge in [-0.25, -0.2) is 4.90 Å². The number of nitrogens with zero attached hydrogens (tertiary/aromatic N) is 1. The minimum atomic E-state index is -0.396. The highest BCUT2D eigenvalue weighted by Gasteiger charge is 2.36. The van der Waals surface area contributed by atoms with Crippen molar-refractivity contribution in [2.24, 2.45) is 0 Å². The lowest BCUT2D eigenvalue weighted by Gasteiger charge is -2.16. The molecule has 0 fully saturated rings. The van der Waals surface area contributed by atoms with Crippen molar-refractivity contribution in [3.63, 3.8) is 0 Å². The van der Waals surface area contributed by atoms with E-state index in [4.69, 9.17) is 11.6 Å². The number of carbonyl (C=O) groups excluding carboxylic acids is 3. The number of carbonyl (C=O) groups is 3. The Kier molecular flexibility index (Phi) is 5.63. The molecule has 29 heavy (non-hydrogen) atoms. The zero-order valence-corrected chi connectivity index (χ0v) is 19.7. The van der Waals surface area contributed by atoms with Crippen molar-refractivity contribution >= 4 is 85.9 Å². The summed E-state index contributed by atoms with van der Waals surface area (Å²) < 4.78 is 1.76. The zero-order chi connectivity index (χ0) is 20.7. The lowest BCUT2D eigenvalue weighted by molar-refractivity contribution is 0.0924. The Labute approximate surface area is 198 Å². The average Bonchev–Trinajstić information content (AvgIpc) is 2.96. The topological polar surface area (TPSA) is 66.5 Å². The molecule has 0 aliphatic carbocycles. The van der Waals surface area contributed by atoms with Crippen molar-refractivity contribution in [2.45, 2.75) is 0 Å². The standard InChI is InChI=1S/C21H11ClI2N2O3/c22-16-10-12(26-20(28)13-3-1-2-4-14(13)21(26)29)6-8-18(16)25-19(27)15-9-11(23)5-7-17(15)24/h1-10H,(H,25,27). The number of amides is 3. The molecule has 0 radical (unpaired) electrons. The summed E-state index contributed by atoms with van der Waals surface area (Å²) in [6, 6.07) is 16.9. The van der Waals surface area contributed by atoms with E-state index < -0.39 is 11.8 Å². The minimum absolute atomic E-state index is 0.230. The number of rotatable bonds is 3. The van der Waals surface area contributed by atoms with Crippen molar-refractivity contribution in [2.75, 3.05) is 10.2 Å². The Morgan fingerprint density at radius 1 is 0.897 bits per heavy atom. The van der Waals surface area contributed by atoms with E-state index >= 15 is 0 Å². The highest BCUT2D eigenvalue weighted by atomic mass is 127. The number of fused-ring (bicyclic) bond motifs is 1. The smallest absolute Gasteiger partial charge is 0.266 e. The summed E-state index contributed by atoms with van der Waals surface area (Å²) in [4.78, 5) is 39.0. The van der Waals surface area contributed by atoms with Gasteiger partial charge in [0.2, 0.25) is 0 Å². The van der Waals surface area contributed by atoms with Gasteiger partial charge in [-0.15, -0.1) is 0 Å². The second-order valence-corrected chi connectivity index (χ2v) is 9.05. The molecule has 5 nitrogen and oxygen atoms in total. The van der Waals surface area contributed by atoms with Gasteiger partial charge in [-0.3, -0.25) is 14.4 Å². The molecule has 144 valence electrons. The Morgan fingerprint density at radius 3 is 2.17 bits per heavy atom. The highest BCUT2D eigenvalue weighted by Crippen LogP contribution is 2.33. The van der Waals surface area contributed by atoms with E-state index in [2.05, 4.69) is 50.5 Å². The molecule has 8 heteroatoms. The summed E-state index contributed by atoms with van der Waals surface area (Å²) in [6.45, 7) is 0. The van der Waals surface area contributed by atoms with Crippen LogP contribution in [0.15, 0.2) is 60.7 Å². The predicted molar refractivity (Wildman–Crippen MR) is 129 cm³/mol. The molecular formula is C21H11ClI2N2O3. The molecule has 1 heterocycles. The summed E-state index contributed by atoms with van der Waals surface area (Å²) in [5.74, 6) is -1.08. The normalized spacial score (nSPS) is 12.9. The van der Waals surface area contributed by atoms with Gasteiger partial charge in [0.15, 0.2) is 0 Å². The molecule has 0 aromatic heterocycles. The second kappa shape index (κ2) is 8.04. The fourth-order valence-corrected chi connectivity index (χ4v) is 4.32. The summed E-state index contributed by atoms with van der Waals surface area (Å²) in [5.41, 5.74) is 2.01. The first-order valence-electron chi connectivity index (χ1n) is 8.40. The molecular weight excluding hydrogens is 618 g/mol. The first-order valence-corrected chi connectivity index (χ1v) is 10.9. The van der Waals surface area contributed by atoms with Gasteiger partial charge < -0.3 is 5.32 Å². The molecule has 0 saturated heterocycles. The van der Waals surface area contributed by atoms with Crippen molar-refractivity contribution in [1.29, 1.82) is 0 Å². The number of nitrogens with one attached hydrogen (secondary N) is 1. The number of hydrogen-bond donors (Lipinski definition) is 1. The van der Waals surface area contributed by atoms with Crippen LogP contribution < -0.4 is 10.2 Å². The SMILES string of the molecule is O=C(Nc1ccc(N2C(=O)c3ccccc3C2=O)cc1Cl)c1cc(I)ccc1I. The maximum atomic E-state index is 12.6. The third kappa shape index (κ3) is 3.78. The molecule has 0 unspecified atom stereocenters. The van der Waals surface area contributed by atoms with Crippen LogP contribution in [0.2, 0.25) is 5.02 Å². The molecule has 0 saturated carbocycles. The Morgan fingerprint density at radius 2 is 1.55 bits per heavy atom. The molecule has 3 aromatic rings. The van der Waals surface area contributed by atoms with Crippen LogP contribution in [0, 0.1) is 7.14 Å². The molecule has 3 amide bonds. The van der Waals surface area contributed by atoms with Gasteiger partial charge in [0, 0.05) is 7.14 Å². The van der Waals surface area contributed by atoms with Crippen molar-refractivity contribution in [3.8, 4) is 0 Å². The summed E-state index contributed by atoms with van der Waals surface area (Å²) in [5, 5.41) is 3.01. The Bertz CT molecular complexity index is 1160. The van der Waals surface area contributed by atoms with Gasteiger partial charge in [-0.1, -0.05) is 23.7 Å². The van der Waals surface area contributed by atoms with E-state index in [1.165, 1.54) is 6.07 Å². The third-order valence-corrected chi connectivity index (χ3v) is 6.35. The molecule has 4 rings (SSSR count). The number of imide groups is 1. The lowest BCUT2D eigenvalue weighted by atomic mass is 10.1. The van der Waals surface area contributed by atoms with E-state index in [1.807, 2.05) is 12.1 Å². The van der Waals surface area contributed by atoms with Crippen LogP contribution in [-0.4, -0.2) is 17.7 Å². The van der Waals surface area contributed by atoms with Crippen molar-refractivity contribution < 1.29 is 14.4 Å². The van der Waals surface area contributed by atoms with Gasteiger partial charge in [0.25, 0.3) is 17.7 Å². The maximum absolute atomic E-state index is 12.6. The third-order valence-electron chi connectivity index (χ3n) is 4.43. The molecule has 0 bridgehead atoms. The summed E-state index contributed by atoms with van der Waals surface area (Å²) in [7, 11) is 0. The van der Waals surface area contributed by atoms with Crippen LogP contribution in [0.5, 0.6) is 0 Å². The first kappa shape index (κ1) is 20.3. The number of benzene rings is 3. The van der Waals surface area contributed by atoms with Crippen LogP contribution in [0.25, 0.3) is 0 Å². The van der Waals surface area contributed by atoms with E-state index in [1.54, 1.807) is 42.5 Å². The summed E-state index contributed by atoms with van der Waals surface area (Å²) in [6.07, 6.45) is 0.